The number of nitrogens with one attached hydrogen (secondary N) is 1. The molecule has 2 aromatic rings. The molecule has 1 amide bonds. The smallest absolute Gasteiger partial charge is 0.328 e. The standard InChI is InChI=1S/C19H26N4O3S/c24-16(22-11-9-21(10-12-22)14-4-2-1-3-5-14)6-8-23-18(25)17-15(7-13-27-17)20-19(23)26/h7,13-14H,1-6,8-12H2,(H,20,26). The molecule has 2 aliphatic rings. The van der Waals surface area contributed by atoms with E-state index in [1.165, 1.54) is 43.4 Å². The number of piperazine rings is 1. The van der Waals surface area contributed by atoms with Crippen LogP contribution in [-0.4, -0.2) is 57.5 Å². The number of rotatable bonds is 4. The summed E-state index contributed by atoms with van der Waals surface area (Å²) < 4.78 is 1.68. The third-order valence-electron chi connectivity index (χ3n) is 5.90. The van der Waals surface area contributed by atoms with Gasteiger partial charge in [0.05, 0.1) is 5.52 Å². The van der Waals surface area contributed by atoms with E-state index in [1.807, 2.05) is 4.90 Å². The van der Waals surface area contributed by atoms with Crippen LogP contribution in [0.2, 0.25) is 0 Å². The first-order valence-corrected chi connectivity index (χ1v) is 10.7. The molecule has 4 rings (SSSR count). The van der Waals surface area contributed by atoms with E-state index < -0.39 is 5.69 Å². The predicted molar refractivity (Wildman–Crippen MR) is 106 cm³/mol. The van der Waals surface area contributed by atoms with Crippen molar-refractivity contribution >= 4 is 27.5 Å². The summed E-state index contributed by atoms with van der Waals surface area (Å²) in [4.78, 5) is 44.3. The summed E-state index contributed by atoms with van der Waals surface area (Å²) in [5.41, 5.74) is -0.184. The molecule has 1 N–H and O–H groups in total. The van der Waals surface area contributed by atoms with E-state index in [0.29, 0.717) is 16.3 Å². The third-order valence-corrected chi connectivity index (χ3v) is 6.80. The number of carbonyl (C=O) groups excluding carboxylic acids is 1. The van der Waals surface area contributed by atoms with Crippen molar-refractivity contribution in [2.24, 2.45) is 0 Å². The lowest BCUT2D eigenvalue weighted by atomic mass is 9.94. The van der Waals surface area contributed by atoms with E-state index in [4.69, 9.17) is 0 Å². The van der Waals surface area contributed by atoms with Crippen molar-refractivity contribution in [3.63, 3.8) is 0 Å². The van der Waals surface area contributed by atoms with Crippen molar-refractivity contribution in [3.8, 4) is 0 Å². The Morgan fingerprint density at radius 3 is 2.59 bits per heavy atom. The second kappa shape index (κ2) is 7.98. The van der Waals surface area contributed by atoms with Gasteiger partial charge in [-0.05, 0) is 24.3 Å². The minimum atomic E-state index is -0.444. The molecule has 2 aromatic heterocycles. The third kappa shape index (κ3) is 3.87. The monoisotopic (exact) mass is 390 g/mol. The van der Waals surface area contributed by atoms with Gasteiger partial charge in [-0.15, -0.1) is 11.3 Å². The lowest BCUT2D eigenvalue weighted by molar-refractivity contribution is -0.133. The van der Waals surface area contributed by atoms with Gasteiger partial charge in [0, 0.05) is 45.2 Å². The van der Waals surface area contributed by atoms with E-state index in [-0.39, 0.29) is 24.4 Å². The van der Waals surface area contributed by atoms with Crippen molar-refractivity contribution in [1.82, 2.24) is 19.4 Å². The van der Waals surface area contributed by atoms with Gasteiger partial charge in [-0.3, -0.25) is 19.1 Å². The highest BCUT2D eigenvalue weighted by Crippen LogP contribution is 2.23. The Morgan fingerprint density at radius 1 is 1.11 bits per heavy atom. The van der Waals surface area contributed by atoms with E-state index in [9.17, 15) is 14.4 Å². The van der Waals surface area contributed by atoms with E-state index in [2.05, 4.69) is 9.88 Å². The average Bonchev–Trinajstić information content (AvgIpc) is 3.17. The second-order valence-corrected chi connectivity index (χ2v) is 8.43. The first-order valence-electron chi connectivity index (χ1n) is 9.85. The summed E-state index contributed by atoms with van der Waals surface area (Å²) in [6.45, 7) is 3.47. The molecule has 0 bridgehead atoms. The van der Waals surface area contributed by atoms with Crippen LogP contribution in [0.25, 0.3) is 10.2 Å². The maximum Gasteiger partial charge on any atom is 0.328 e. The summed E-state index contributed by atoms with van der Waals surface area (Å²) in [6, 6.07) is 2.41. The first kappa shape index (κ1) is 18.4. The number of thiophene rings is 1. The number of aromatic amines is 1. The van der Waals surface area contributed by atoms with Crippen molar-refractivity contribution < 1.29 is 4.79 Å². The number of nitrogens with zero attached hydrogens (tertiary/aromatic N) is 3. The summed E-state index contributed by atoms with van der Waals surface area (Å²) in [5, 5.41) is 1.78. The van der Waals surface area contributed by atoms with Gasteiger partial charge < -0.3 is 9.88 Å². The van der Waals surface area contributed by atoms with E-state index >= 15 is 0 Å². The van der Waals surface area contributed by atoms with Crippen molar-refractivity contribution in [2.45, 2.75) is 51.1 Å². The van der Waals surface area contributed by atoms with Crippen molar-refractivity contribution in [2.75, 3.05) is 26.2 Å². The summed E-state index contributed by atoms with van der Waals surface area (Å²) >= 11 is 1.31. The van der Waals surface area contributed by atoms with Gasteiger partial charge in [0.1, 0.15) is 4.70 Å². The fourth-order valence-electron chi connectivity index (χ4n) is 4.32. The molecule has 7 nitrogen and oxygen atoms in total. The SMILES string of the molecule is O=C(CCn1c(=O)[nH]c2ccsc2c1=O)N1CCN(C2CCCCC2)CC1. The van der Waals surface area contributed by atoms with Crippen LogP contribution >= 0.6 is 11.3 Å². The van der Waals surface area contributed by atoms with Crippen LogP contribution in [0, 0.1) is 0 Å². The molecule has 1 aliphatic carbocycles. The molecule has 3 heterocycles. The minimum absolute atomic E-state index is 0.0240. The number of fused-ring (bicyclic) bond motifs is 1. The molecule has 2 fully saturated rings. The Morgan fingerprint density at radius 2 is 1.85 bits per heavy atom. The minimum Gasteiger partial charge on any atom is -0.340 e. The molecular formula is C19H26N4O3S. The maximum atomic E-state index is 12.6. The number of amides is 1. The van der Waals surface area contributed by atoms with Gasteiger partial charge in [0.15, 0.2) is 0 Å². The molecule has 0 aromatic carbocycles. The van der Waals surface area contributed by atoms with Crippen molar-refractivity contribution in [1.29, 1.82) is 0 Å². The lowest BCUT2D eigenvalue weighted by Gasteiger charge is -2.40. The lowest BCUT2D eigenvalue weighted by Crippen LogP contribution is -2.52. The molecule has 1 saturated heterocycles. The Labute approximate surface area is 161 Å². The maximum absolute atomic E-state index is 12.6. The van der Waals surface area contributed by atoms with Gasteiger partial charge in [-0.25, -0.2) is 4.79 Å². The van der Waals surface area contributed by atoms with Gasteiger partial charge in [-0.2, -0.15) is 0 Å². The Kier molecular flexibility index (Phi) is 5.45. The number of H-pyrrole nitrogens is 1. The zero-order valence-corrected chi connectivity index (χ0v) is 16.3. The van der Waals surface area contributed by atoms with Crippen LogP contribution in [0.15, 0.2) is 21.0 Å². The molecule has 0 unspecified atom stereocenters. The average molecular weight is 391 g/mol. The summed E-state index contributed by atoms with van der Waals surface area (Å²) in [7, 11) is 0. The summed E-state index contributed by atoms with van der Waals surface area (Å²) in [5.74, 6) is 0.0240. The quantitative estimate of drug-likeness (QED) is 0.860. The molecule has 8 heteroatoms. The Hall–Kier alpha value is -1.93. The second-order valence-electron chi connectivity index (χ2n) is 7.51. The number of hydrogen-bond acceptors (Lipinski definition) is 5. The van der Waals surface area contributed by atoms with E-state index in [0.717, 1.165) is 30.7 Å². The highest BCUT2D eigenvalue weighted by atomic mass is 32.1. The predicted octanol–water partition coefficient (Wildman–Crippen LogP) is 1.62. The van der Waals surface area contributed by atoms with Crippen molar-refractivity contribution in [3.05, 3.63) is 32.3 Å². The van der Waals surface area contributed by atoms with Crippen LogP contribution in [0.3, 0.4) is 0 Å². The molecule has 1 aliphatic heterocycles. The zero-order chi connectivity index (χ0) is 18.8. The van der Waals surface area contributed by atoms with Crippen LogP contribution in [-0.2, 0) is 11.3 Å². The fourth-order valence-corrected chi connectivity index (χ4v) is 5.12. The van der Waals surface area contributed by atoms with E-state index in [1.54, 1.807) is 11.4 Å². The molecule has 0 atom stereocenters. The first-order chi connectivity index (χ1) is 13.1. The normalized spacial score (nSPS) is 19.6. The highest BCUT2D eigenvalue weighted by molar-refractivity contribution is 7.17. The largest absolute Gasteiger partial charge is 0.340 e. The molecule has 1 saturated carbocycles. The molecule has 0 spiro atoms. The highest BCUT2D eigenvalue weighted by Gasteiger charge is 2.27. The van der Waals surface area contributed by atoms with Crippen LogP contribution in [0.5, 0.6) is 0 Å². The molecular weight excluding hydrogens is 364 g/mol. The molecule has 27 heavy (non-hydrogen) atoms. The van der Waals surface area contributed by atoms with Gasteiger partial charge in [-0.1, -0.05) is 19.3 Å². The topological polar surface area (TPSA) is 78.4 Å². The van der Waals surface area contributed by atoms with Crippen LogP contribution in [0.1, 0.15) is 38.5 Å². The number of aromatic nitrogens is 2. The van der Waals surface area contributed by atoms with Gasteiger partial charge in [0.25, 0.3) is 5.56 Å². The summed E-state index contributed by atoms with van der Waals surface area (Å²) in [6.07, 6.45) is 6.74. The van der Waals surface area contributed by atoms with Gasteiger partial charge >= 0.3 is 5.69 Å². The van der Waals surface area contributed by atoms with Crippen LogP contribution < -0.4 is 11.2 Å². The number of hydrogen-bond donors (Lipinski definition) is 1. The van der Waals surface area contributed by atoms with Gasteiger partial charge in [0.2, 0.25) is 5.91 Å². The number of carbonyl (C=O) groups is 1. The Bertz CT molecular complexity index is 917. The van der Waals surface area contributed by atoms with Crippen LogP contribution in [0.4, 0.5) is 0 Å². The fraction of sp³-hybridized carbons (Fsp3) is 0.632. The molecule has 0 radical (unpaired) electrons. The molecule has 146 valence electrons. The Balaban J connectivity index is 1.34. The zero-order valence-electron chi connectivity index (χ0n) is 15.5.